The van der Waals surface area contributed by atoms with Crippen LogP contribution in [0.5, 0.6) is 0 Å². The molecule has 0 radical (unpaired) electrons. The average Bonchev–Trinajstić information content (AvgIpc) is 2.82. The van der Waals surface area contributed by atoms with Crippen LogP contribution in [0.1, 0.15) is 36.1 Å². The normalized spacial score (nSPS) is 12.2. The molecule has 0 unspecified atom stereocenters. The maximum atomic E-state index is 12.2. The second kappa shape index (κ2) is 6.60. The number of amides is 1. The fourth-order valence-corrected chi connectivity index (χ4v) is 2.51. The maximum absolute atomic E-state index is 12.2. The van der Waals surface area contributed by atoms with Crippen molar-refractivity contribution < 1.29 is 4.79 Å². The van der Waals surface area contributed by atoms with Gasteiger partial charge in [0.25, 0.3) is 5.91 Å². The lowest BCUT2D eigenvalue weighted by molar-refractivity contribution is 0.0937. The van der Waals surface area contributed by atoms with Crippen molar-refractivity contribution in [3.63, 3.8) is 0 Å². The zero-order valence-electron chi connectivity index (χ0n) is 11.5. The van der Waals surface area contributed by atoms with Gasteiger partial charge in [-0.1, -0.05) is 23.2 Å². The van der Waals surface area contributed by atoms with Crippen molar-refractivity contribution in [1.82, 2.24) is 20.1 Å². The van der Waals surface area contributed by atoms with Gasteiger partial charge in [-0.2, -0.15) is 5.10 Å². The summed E-state index contributed by atoms with van der Waals surface area (Å²) in [5.41, 5.74) is 0.438. The molecule has 5 nitrogen and oxygen atoms in total. The Morgan fingerprint density at radius 3 is 2.81 bits per heavy atom. The maximum Gasteiger partial charge on any atom is 0.251 e. The van der Waals surface area contributed by atoms with E-state index in [4.69, 9.17) is 35.4 Å². The third-order valence-electron chi connectivity index (χ3n) is 3.02. The fourth-order valence-electron chi connectivity index (χ4n) is 1.95. The molecule has 1 aromatic heterocycles. The molecule has 0 aliphatic rings. The molecule has 2 N–H and O–H groups in total. The summed E-state index contributed by atoms with van der Waals surface area (Å²) in [6.45, 7) is 4.48. The second-order valence-electron chi connectivity index (χ2n) is 4.46. The van der Waals surface area contributed by atoms with Gasteiger partial charge in [-0.25, -0.2) is 0 Å². The van der Waals surface area contributed by atoms with Gasteiger partial charge < -0.3 is 9.88 Å². The van der Waals surface area contributed by atoms with Gasteiger partial charge in [0.15, 0.2) is 10.6 Å². The van der Waals surface area contributed by atoms with E-state index in [2.05, 4.69) is 15.5 Å². The van der Waals surface area contributed by atoms with E-state index in [0.29, 0.717) is 32.7 Å². The number of aromatic amines is 1. The Kier molecular flexibility index (Phi) is 5.03. The Morgan fingerprint density at radius 2 is 2.19 bits per heavy atom. The third kappa shape index (κ3) is 3.45. The van der Waals surface area contributed by atoms with E-state index in [1.54, 1.807) is 12.1 Å². The number of nitrogens with one attached hydrogen (secondary N) is 2. The number of carbonyl (C=O) groups is 1. The molecule has 1 atom stereocenters. The first kappa shape index (κ1) is 16.0. The monoisotopic (exact) mass is 344 g/mol. The van der Waals surface area contributed by atoms with Gasteiger partial charge in [0.2, 0.25) is 0 Å². The van der Waals surface area contributed by atoms with Crippen LogP contribution in [0.25, 0.3) is 0 Å². The quantitative estimate of drug-likeness (QED) is 0.830. The highest BCUT2D eigenvalue weighted by atomic mass is 35.5. The van der Waals surface area contributed by atoms with Gasteiger partial charge >= 0.3 is 0 Å². The molecule has 0 saturated heterocycles. The molecular weight excluding hydrogens is 331 g/mol. The number of H-pyrrole nitrogens is 1. The van der Waals surface area contributed by atoms with Crippen LogP contribution in [0.15, 0.2) is 18.2 Å². The summed E-state index contributed by atoms with van der Waals surface area (Å²) in [7, 11) is 0. The van der Waals surface area contributed by atoms with Crippen LogP contribution < -0.4 is 5.32 Å². The Balaban J connectivity index is 2.18. The van der Waals surface area contributed by atoms with E-state index >= 15 is 0 Å². The molecule has 1 amide bonds. The van der Waals surface area contributed by atoms with E-state index in [1.807, 2.05) is 18.4 Å². The third-order valence-corrected chi connectivity index (χ3v) is 4.07. The molecule has 1 heterocycles. The van der Waals surface area contributed by atoms with Crippen LogP contribution in [-0.4, -0.2) is 20.7 Å². The van der Waals surface area contributed by atoms with Crippen molar-refractivity contribution in [3.8, 4) is 0 Å². The van der Waals surface area contributed by atoms with Gasteiger partial charge in [0, 0.05) is 12.1 Å². The van der Waals surface area contributed by atoms with E-state index < -0.39 is 0 Å². The molecule has 0 aliphatic carbocycles. The summed E-state index contributed by atoms with van der Waals surface area (Å²) in [4.78, 5) is 12.2. The van der Waals surface area contributed by atoms with Crippen LogP contribution in [0.4, 0.5) is 0 Å². The molecule has 1 aromatic carbocycles. The van der Waals surface area contributed by atoms with Crippen LogP contribution in [0, 0.1) is 4.77 Å². The number of hydrogen-bond acceptors (Lipinski definition) is 3. The number of rotatable bonds is 4. The minimum atomic E-state index is -0.292. The molecular formula is C13H14Cl2N4OS. The largest absolute Gasteiger partial charge is 0.342 e. The van der Waals surface area contributed by atoms with Crippen LogP contribution >= 0.6 is 35.4 Å². The highest BCUT2D eigenvalue weighted by Gasteiger charge is 2.17. The minimum Gasteiger partial charge on any atom is -0.342 e. The number of nitrogens with zero attached hydrogens (tertiary/aromatic N) is 2. The van der Waals surface area contributed by atoms with E-state index in [-0.39, 0.29) is 11.9 Å². The first-order chi connectivity index (χ1) is 9.93. The fraction of sp³-hybridized carbons (Fsp3) is 0.308. The van der Waals surface area contributed by atoms with Crippen molar-refractivity contribution in [2.24, 2.45) is 0 Å². The molecule has 112 valence electrons. The van der Waals surface area contributed by atoms with Crippen molar-refractivity contribution in [1.29, 1.82) is 0 Å². The van der Waals surface area contributed by atoms with E-state index in [9.17, 15) is 4.79 Å². The summed E-state index contributed by atoms with van der Waals surface area (Å²) < 4.78 is 2.36. The summed E-state index contributed by atoms with van der Waals surface area (Å²) in [6, 6.07) is 4.45. The number of benzene rings is 1. The molecule has 8 heteroatoms. The van der Waals surface area contributed by atoms with Gasteiger partial charge in [0.05, 0.1) is 16.1 Å². The van der Waals surface area contributed by atoms with Crippen LogP contribution in [-0.2, 0) is 6.54 Å². The first-order valence-electron chi connectivity index (χ1n) is 6.35. The molecule has 0 aliphatic heterocycles. The molecule has 0 saturated carbocycles. The lowest BCUT2D eigenvalue weighted by Crippen LogP contribution is -2.28. The number of hydrogen-bond donors (Lipinski definition) is 2. The Bertz CT molecular complexity index is 725. The van der Waals surface area contributed by atoms with Crippen molar-refractivity contribution in [3.05, 3.63) is 44.4 Å². The average molecular weight is 345 g/mol. The van der Waals surface area contributed by atoms with Crippen LogP contribution in [0.2, 0.25) is 10.0 Å². The molecule has 2 rings (SSSR count). The van der Waals surface area contributed by atoms with Gasteiger partial charge in [-0.3, -0.25) is 9.89 Å². The zero-order valence-corrected chi connectivity index (χ0v) is 13.8. The predicted molar refractivity (Wildman–Crippen MR) is 85.4 cm³/mol. The highest BCUT2D eigenvalue weighted by Crippen LogP contribution is 2.23. The lowest BCUT2D eigenvalue weighted by Gasteiger charge is -2.14. The van der Waals surface area contributed by atoms with E-state index in [1.165, 1.54) is 6.07 Å². The van der Waals surface area contributed by atoms with Gasteiger partial charge in [-0.15, -0.1) is 0 Å². The standard InChI is InChI=1S/C13H14Cl2N4OS/c1-3-19-11(17-18-13(19)21)7(2)16-12(20)8-4-5-9(14)10(15)6-8/h4-7H,3H2,1-2H3,(H,16,20)(H,18,21)/t7-/m0/s1. The highest BCUT2D eigenvalue weighted by molar-refractivity contribution is 7.71. The van der Waals surface area contributed by atoms with Crippen molar-refractivity contribution in [2.45, 2.75) is 26.4 Å². The first-order valence-corrected chi connectivity index (χ1v) is 7.51. The van der Waals surface area contributed by atoms with E-state index in [0.717, 1.165) is 0 Å². The minimum absolute atomic E-state index is 0.252. The number of aromatic nitrogens is 3. The zero-order chi connectivity index (χ0) is 15.6. The SMILES string of the molecule is CCn1c([C@H](C)NC(=O)c2ccc(Cl)c(Cl)c2)n[nH]c1=S. The van der Waals surface area contributed by atoms with Crippen molar-refractivity contribution >= 4 is 41.3 Å². The molecule has 0 bridgehead atoms. The predicted octanol–water partition coefficient (Wildman–Crippen LogP) is 3.76. The van der Waals surface area contributed by atoms with Crippen molar-refractivity contribution in [2.75, 3.05) is 0 Å². The smallest absolute Gasteiger partial charge is 0.251 e. The molecule has 0 spiro atoms. The molecule has 0 fully saturated rings. The number of carbonyl (C=O) groups excluding carboxylic acids is 1. The van der Waals surface area contributed by atoms with Gasteiger partial charge in [-0.05, 0) is 44.3 Å². The summed E-state index contributed by atoms with van der Waals surface area (Å²) in [5.74, 6) is 0.425. The number of halogens is 2. The topological polar surface area (TPSA) is 62.7 Å². The second-order valence-corrected chi connectivity index (χ2v) is 5.66. The Morgan fingerprint density at radius 1 is 1.48 bits per heavy atom. The molecule has 2 aromatic rings. The lowest BCUT2D eigenvalue weighted by atomic mass is 10.2. The van der Waals surface area contributed by atoms with Crippen LogP contribution in [0.3, 0.4) is 0 Å². The Hall–Kier alpha value is -1.37. The summed E-state index contributed by atoms with van der Waals surface area (Å²) in [6.07, 6.45) is 0. The molecule has 21 heavy (non-hydrogen) atoms. The Labute approximate surface area is 137 Å². The van der Waals surface area contributed by atoms with Gasteiger partial charge in [0.1, 0.15) is 0 Å². The summed E-state index contributed by atoms with van der Waals surface area (Å²) in [5, 5.41) is 10.5. The summed E-state index contributed by atoms with van der Waals surface area (Å²) >= 11 is 16.9.